The van der Waals surface area contributed by atoms with Crippen molar-refractivity contribution < 1.29 is 27.9 Å². The summed E-state index contributed by atoms with van der Waals surface area (Å²) in [5.74, 6) is -2.70. The van der Waals surface area contributed by atoms with Crippen LogP contribution >= 0.6 is 0 Å². The predicted octanol–water partition coefficient (Wildman–Crippen LogP) is 2.77. The summed E-state index contributed by atoms with van der Waals surface area (Å²) in [5, 5.41) is 2.98. The van der Waals surface area contributed by atoms with Gasteiger partial charge in [0.2, 0.25) is 5.91 Å². The number of amides is 4. The smallest absolute Gasteiger partial charge is 0.325 e. The van der Waals surface area contributed by atoms with Crippen molar-refractivity contribution in [2.24, 2.45) is 5.92 Å². The third kappa shape index (κ3) is 4.45. The molecule has 10 heteroatoms. The number of carbonyl (C=O) groups excluding carboxylic acids is 3. The molecule has 5 rings (SSSR count). The summed E-state index contributed by atoms with van der Waals surface area (Å²) in [7, 11) is 0. The Bertz CT molecular complexity index is 1150. The van der Waals surface area contributed by atoms with E-state index < -0.39 is 23.2 Å². The first-order chi connectivity index (χ1) is 17.4. The van der Waals surface area contributed by atoms with Crippen molar-refractivity contribution in [3.05, 3.63) is 65.5 Å². The molecule has 4 heterocycles. The molecular weight excluding hydrogens is 470 g/mol. The maximum absolute atomic E-state index is 13.9. The molecule has 0 aliphatic carbocycles. The van der Waals surface area contributed by atoms with Gasteiger partial charge in [-0.2, -0.15) is 0 Å². The Morgan fingerprint density at radius 1 is 1.14 bits per heavy atom. The summed E-state index contributed by atoms with van der Waals surface area (Å²) < 4.78 is 32.4. The molecule has 0 bridgehead atoms. The van der Waals surface area contributed by atoms with Crippen molar-refractivity contribution in [3.63, 3.8) is 0 Å². The fourth-order valence-corrected chi connectivity index (χ4v) is 5.55. The van der Waals surface area contributed by atoms with E-state index >= 15 is 0 Å². The van der Waals surface area contributed by atoms with Gasteiger partial charge in [0.25, 0.3) is 5.91 Å². The third-order valence-electron chi connectivity index (χ3n) is 7.46. The van der Waals surface area contributed by atoms with Gasteiger partial charge in [0.15, 0.2) is 17.2 Å². The number of carbonyl (C=O) groups is 3. The Kier molecular flexibility index (Phi) is 6.70. The summed E-state index contributed by atoms with van der Waals surface area (Å²) in [6.45, 7) is 1.59. The number of pyridine rings is 1. The number of imide groups is 1. The van der Waals surface area contributed by atoms with E-state index in [2.05, 4.69) is 10.3 Å². The van der Waals surface area contributed by atoms with Crippen molar-refractivity contribution in [3.8, 4) is 0 Å². The van der Waals surface area contributed by atoms with Gasteiger partial charge >= 0.3 is 6.03 Å². The number of ether oxygens (including phenoxy) is 1. The lowest BCUT2D eigenvalue weighted by molar-refractivity contribution is -0.137. The Balaban J connectivity index is 1.32. The fourth-order valence-electron chi connectivity index (χ4n) is 5.55. The van der Waals surface area contributed by atoms with Crippen molar-refractivity contribution in [1.82, 2.24) is 20.1 Å². The zero-order chi connectivity index (χ0) is 25.3. The van der Waals surface area contributed by atoms with Gasteiger partial charge in [-0.15, -0.1) is 0 Å². The van der Waals surface area contributed by atoms with Crippen LogP contribution in [-0.2, 0) is 26.3 Å². The molecule has 3 fully saturated rings. The maximum Gasteiger partial charge on any atom is 0.325 e. The third-order valence-corrected chi connectivity index (χ3v) is 7.46. The van der Waals surface area contributed by atoms with E-state index in [-0.39, 0.29) is 36.8 Å². The van der Waals surface area contributed by atoms with E-state index in [0.29, 0.717) is 43.7 Å². The minimum atomic E-state index is -1.26. The van der Waals surface area contributed by atoms with Gasteiger partial charge in [0.1, 0.15) is 0 Å². The first-order valence-corrected chi connectivity index (χ1v) is 12.3. The van der Waals surface area contributed by atoms with Gasteiger partial charge < -0.3 is 15.0 Å². The van der Waals surface area contributed by atoms with E-state index in [4.69, 9.17) is 4.74 Å². The lowest BCUT2D eigenvalue weighted by Gasteiger charge is -2.41. The van der Waals surface area contributed by atoms with Crippen LogP contribution in [0.25, 0.3) is 0 Å². The number of benzene rings is 1. The standard InChI is InChI=1S/C26H28F2N4O4/c27-21-6-5-17(13-22(21)28)14-23(33)31-10-7-18(8-11-31)26(19-3-1-9-29-15-19)24(34)32(25(35)30-26)16-20-4-2-12-36-20/h1,3,5-6,9,13,15,18,20H,2,4,7-8,10-12,14,16H2,(H,30,35)/t20-,26+/m0/s1. The van der Waals surface area contributed by atoms with E-state index in [9.17, 15) is 23.2 Å². The molecule has 0 radical (unpaired) electrons. The molecule has 8 nitrogen and oxygen atoms in total. The van der Waals surface area contributed by atoms with Gasteiger partial charge in [-0.25, -0.2) is 13.6 Å². The number of nitrogens with zero attached hydrogens (tertiary/aromatic N) is 3. The Labute approximate surface area is 207 Å². The monoisotopic (exact) mass is 498 g/mol. The first-order valence-electron chi connectivity index (χ1n) is 12.3. The Morgan fingerprint density at radius 2 is 1.94 bits per heavy atom. The number of nitrogens with one attached hydrogen (secondary N) is 1. The number of rotatable bonds is 6. The number of aromatic nitrogens is 1. The summed E-state index contributed by atoms with van der Waals surface area (Å²) in [6, 6.07) is 6.53. The normalized spacial score (nSPS) is 24.9. The number of piperidine rings is 1. The lowest BCUT2D eigenvalue weighted by Crippen LogP contribution is -2.54. The summed E-state index contributed by atoms with van der Waals surface area (Å²) in [6.07, 6.45) is 5.68. The van der Waals surface area contributed by atoms with Gasteiger partial charge in [-0.3, -0.25) is 19.5 Å². The first kappa shape index (κ1) is 24.3. The van der Waals surface area contributed by atoms with Crippen molar-refractivity contribution in [2.75, 3.05) is 26.2 Å². The van der Waals surface area contributed by atoms with Crippen LogP contribution in [0, 0.1) is 17.6 Å². The van der Waals surface area contributed by atoms with E-state index in [1.807, 2.05) is 0 Å². The molecule has 36 heavy (non-hydrogen) atoms. The van der Waals surface area contributed by atoms with Gasteiger partial charge in [-0.1, -0.05) is 12.1 Å². The van der Waals surface area contributed by atoms with Crippen LogP contribution in [0.1, 0.15) is 36.8 Å². The molecule has 4 amide bonds. The molecule has 0 saturated carbocycles. The molecule has 190 valence electrons. The van der Waals surface area contributed by atoms with Crippen molar-refractivity contribution in [2.45, 2.75) is 43.7 Å². The molecule has 0 unspecified atom stereocenters. The molecule has 0 spiro atoms. The van der Waals surface area contributed by atoms with Crippen LogP contribution < -0.4 is 5.32 Å². The fraction of sp³-hybridized carbons (Fsp3) is 0.462. The van der Waals surface area contributed by atoms with Gasteiger partial charge in [0.05, 0.1) is 19.1 Å². The second-order valence-corrected chi connectivity index (χ2v) is 9.61. The maximum atomic E-state index is 13.9. The van der Waals surface area contributed by atoms with Crippen molar-refractivity contribution in [1.29, 1.82) is 0 Å². The molecular formula is C26H28F2N4O4. The number of urea groups is 1. The minimum Gasteiger partial charge on any atom is -0.376 e. The molecule has 3 aliphatic heterocycles. The average Bonchev–Trinajstić information content (AvgIpc) is 3.50. The average molecular weight is 499 g/mol. The molecule has 2 atom stereocenters. The number of hydrogen-bond donors (Lipinski definition) is 1. The molecule has 1 aromatic heterocycles. The number of halogens is 2. The number of hydrogen-bond acceptors (Lipinski definition) is 5. The molecule has 2 aromatic rings. The van der Waals surface area contributed by atoms with Crippen molar-refractivity contribution >= 4 is 17.8 Å². The minimum absolute atomic E-state index is 0.0412. The highest BCUT2D eigenvalue weighted by atomic mass is 19.2. The Hall–Kier alpha value is -3.40. The molecule has 3 saturated heterocycles. The zero-order valence-electron chi connectivity index (χ0n) is 19.8. The summed E-state index contributed by atoms with van der Waals surface area (Å²) in [4.78, 5) is 46.8. The summed E-state index contributed by atoms with van der Waals surface area (Å²) >= 11 is 0. The van der Waals surface area contributed by atoms with E-state index in [1.54, 1.807) is 29.4 Å². The Morgan fingerprint density at radius 3 is 2.61 bits per heavy atom. The van der Waals surface area contributed by atoms with Crippen LogP contribution in [-0.4, -0.2) is 65.0 Å². The van der Waals surface area contributed by atoms with Gasteiger partial charge in [-0.05, 0) is 55.4 Å². The largest absolute Gasteiger partial charge is 0.376 e. The number of likely N-dealkylation sites (tertiary alicyclic amines) is 1. The highest BCUT2D eigenvalue weighted by Gasteiger charge is 2.57. The van der Waals surface area contributed by atoms with Gasteiger partial charge in [0, 0.05) is 37.7 Å². The van der Waals surface area contributed by atoms with Crippen LogP contribution in [0.4, 0.5) is 13.6 Å². The topological polar surface area (TPSA) is 91.8 Å². The predicted molar refractivity (Wildman–Crippen MR) is 124 cm³/mol. The van der Waals surface area contributed by atoms with Crippen LogP contribution in [0.3, 0.4) is 0 Å². The zero-order valence-corrected chi connectivity index (χ0v) is 19.8. The van der Waals surface area contributed by atoms with E-state index in [1.165, 1.54) is 11.0 Å². The van der Waals surface area contributed by atoms with E-state index in [0.717, 1.165) is 25.0 Å². The highest BCUT2D eigenvalue weighted by Crippen LogP contribution is 2.41. The molecule has 3 aliphatic rings. The quantitative estimate of drug-likeness (QED) is 0.619. The van der Waals surface area contributed by atoms with Crippen LogP contribution in [0.15, 0.2) is 42.7 Å². The van der Waals surface area contributed by atoms with Crippen LogP contribution in [0.2, 0.25) is 0 Å². The molecule has 1 aromatic carbocycles. The summed E-state index contributed by atoms with van der Waals surface area (Å²) in [5.41, 5.74) is -0.250. The molecule has 1 N–H and O–H groups in total. The second-order valence-electron chi connectivity index (χ2n) is 9.61. The van der Waals surface area contributed by atoms with Crippen LogP contribution in [0.5, 0.6) is 0 Å². The lowest BCUT2D eigenvalue weighted by atomic mass is 9.73. The second kappa shape index (κ2) is 9.93. The highest BCUT2D eigenvalue weighted by molar-refractivity contribution is 6.07. The SMILES string of the molecule is O=C(Cc1ccc(F)c(F)c1)N1CCC([C@]2(c3cccnc3)NC(=O)N(C[C@@H]3CCCO3)C2=O)CC1.